The predicted molar refractivity (Wildman–Crippen MR) is 130 cm³/mol. The first-order valence-electron chi connectivity index (χ1n) is 11.1. The fraction of sp³-hybridized carbons (Fsp3) is 0.320. The summed E-state index contributed by atoms with van der Waals surface area (Å²) in [5.41, 5.74) is 3.53. The van der Waals surface area contributed by atoms with Crippen molar-refractivity contribution in [3.05, 3.63) is 84.2 Å². The van der Waals surface area contributed by atoms with Gasteiger partial charge in [-0.25, -0.2) is 9.97 Å². The molecule has 0 bridgehead atoms. The van der Waals surface area contributed by atoms with Gasteiger partial charge in [0.15, 0.2) is 5.96 Å². The van der Waals surface area contributed by atoms with Crippen LogP contribution in [0.2, 0.25) is 0 Å². The summed E-state index contributed by atoms with van der Waals surface area (Å²) in [4.78, 5) is 13.5. The van der Waals surface area contributed by atoms with Crippen molar-refractivity contribution >= 4 is 17.0 Å². The molecular weight excluding hydrogens is 398 g/mol. The summed E-state index contributed by atoms with van der Waals surface area (Å²) in [6, 6.07) is 18.8. The lowest BCUT2D eigenvalue weighted by atomic mass is 10.2. The maximum atomic E-state index is 4.64. The number of nitrogens with one attached hydrogen (secondary N) is 2. The number of benzene rings is 2. The highest BCUT2D eigenvalue weighted by Gasteiger charge is 2.07. The molecule has 0 saturated carbocycles. The van der Waals surface area contributed by atoms with Gasteiger partial charge in [-0.05, 0) is 31.0 Å². The summed E-state index contributed by atoms with van der Waals surface area (Å²) in [5, 5.41) is 6.81. The molecule has 4 rings (SSSR count). The van der Waals surface area contributed by atoms with Crippen LogP contribution in [0.5, 0.6) is 0 Å². The number of imidazole rings is 2. The molecule has 0 unspecified atom stereocenters. The molecule has 0 radical (unpaired) electrons. The third kappa shape index (κ3) is 5.35. The van der Waals surface area contributed by atoms with Crippen LogP contribution < -0.4 is 10.6 Å². The molecule has 7 heteroatoms. The van der Waals surface area contributed by atoms with Gasteiger partial charge in [0, 0.05) is 52.0 Å². The minimum Gasteiger partial charge on any atom is -0.356 e. The molecule has 0 saturated heterocycles. The highest BCUT2D eigenvalue weighted by Crippen LogP contribution is 2.15. The standard InChI is InChI=1S/C25H31N7/c1-20-30-22-11-6-7-12-23(22)32(20)17-8-14-28-25(26-2)29-15-13-24-27-16-18-31(24)19-21-9-4-3-5-10-21/h3-7,9-12,16,18H,8,13-15,17,19H2,1-2H3,(H2,26,28,29). The van der Waals surface area contributed by atoms with Crippen LogP contribution in [0, 0.1) is 6.92 Å². The molecule has 2 N–H and O–H groups in total. The number of hydrogen-bond acceptors (Lipinski definition) is 3. The summed E-state index contributed by atoms with van der Waals surface area (Å²) < 4.78 is 4.48. The maximum Gasteiger partial charge on any atom is 0.190 e. The number of nitrogens with zero attached hydrogens (tertiary/aromatic N) is 5. The lowest BCUT2D eigenvalue weighted by molar-refractivity contribution is 0.622. The SMILES string of the molecule is CN=C(NCCCn1c(C)nc2ccccc21)NCCc1nccn1Cc1ccccc1. The van der Waals surface area contributed by atoms with Gasteiger partial charge in [-0.3, -0.25) is 4.99 Å². The van der Waals surface area contributed by atoms with E-state index in [0.29, 0.717) is 0 Å². The highest BCUT2D eigenvalue weighted by molar-refractivity contribution is 5.79. The minimum absolute atomic E-state index is 0.775. The second kappa shape index (κ2) is 10.6. The Hall–Kier alpha value is -3.61. The quantitative estimate of drug-likeness (QED) is 0.243. The Bertz CT molecular complexity index is 1160. The fourth-order valence-electron chi connectivity index (χ4n) is 3.93. The largest absolute Gasteiger partial charge is 0.356 e. The minimum atomic E-state index is 0.775. The van der Waals surface area contributed by atoms with Gasteiger partial charge in [-0.1, -0.05) is 42.5 Å². The molecule has 2 aromatic heterocycles. The van der Waals surface area contributed by atoms with E-state index in [1.807, 2.05) is 24.5 Å². The van der Waals surface area contributed by atoms with E-state index in [1.54, 1.807) is 7.05 Å². The van der Waals surface area contributed by atoms with Crippen molar-refractivity contribution in [1.29, 1.82) is 0 Å². The second-order valence-electron chi connectivity index (χ2n) is 7.79. The molecule has 0 spiro atoms. The van der Waals surface area contributed by atoms with Gasteiger partial charge in [0.25, 0.3) is 0 Å². The molecule has 7 nitrogen and oxygen atoms in total. The van der Waals surface area contributed by atoms with Gasteiger partial charge in [0.1, 0.15) is 11.6 Å². The smallest absolute Gasteiger partial charge is 0.190 e. The van der Waals surface area contributed by atoms with Gasteiger partial charge in [-0.2, -0.15) is 0 Å². The van der Waals surface area contributed by atoms with Crippen molar-refractivity contribution < 1.29 is 0 Å². The van der Waals surface area contributed by atoms with Crippen LogP contribution in [-0.4, -0.2) is 45.2 Å². The number of aromatic nitrogens is 4. The first-order valence-corrected chi connectivity index (χ1v) is 11.1. The lowest BCUT2D eigenvalue weighted by Crippen LogP contribution is -2.39. The monoisotopic (exact) mass is 429 g/mol. The molecule has 0 aliphatic carbocycles. The molecular formula is C25H31N7. The Morgan fingerprint density at radius 2 is 1.78 bits per heavy atom. The van der Waals surface area contributed by atoms with E-state index in [1.165, 1.54) is 11.1 Å². The van der Waals surface area contributed by atoms with Crippen molar-refractivity contribution in [3.63, 3.8) is 0 Å². The van der Waals surface area contributed by atoms with Crippen LogP contribution in [0.15, 0.2) is 72.0 Å². The van der Waals surface area contributed by atoms with Crippen LogP contribution in [0.1, 0.15) is 23.6 Å². The van der Waals surface area contributed by atoms with Crippen LogP contribution >= 0.6 is 0 Å². The molecule has 0 amide bonds. The number of hydrogen-bond donors (Lipinski definition) is 2. The number of guanidine groups is 1. The van der Waals surface area contributed by atoms with E-state index in [4.69, 9.17) is 0 Å². The van der Waals surface area contributed by atoms with Gasteiger partial charge >= 0.3 is 0 Å². The van der Waals surface area contributed by atoms with E-state index in [0.717, 1.165) is 62.1 Å². The molecule has 32 heavy (non-hydrogen) atoms. The van der Waals surface area contributed by atoms with E-state index in [2.05, 4.69) is 84.1 Å². The van der Waals surface area contributed by atoms with Crippen molar-refractivity contribution in [2.24, 2.45) is 4.99 Å². The third-order valence-electron chi connectivity index (χ3n) is 5.56. The summed E-state index contributed by atoms with van der Waals surface area (Å²) in [7, 11) is 1.80. The molecule has 0 aliphatic heterocycles. The fourth-order valence-corrected chi connectivity index (χ4v) is 3.93. The van der Waals surface area contributed by atoms with E-state index in [9.17, 15) is 0 Å². The summed E-state index contributed by atoms with van der Waals surface area (Å²) >= 11 is 0. The van der Waals surface area contributed by atoms with Crippen LogP contribution in [0.4, 0.5) is 0 Å². The van der Waals surface area contributed by atoms with E-state index >= 15 is 0 Å². The van der Waals surface area contributed by atoms with Gasteiger partial charge in [-0.15, -0.1) is 0 Å². The molecule has 4 aromatic rings. The molecule has 2 heterocycles. The first-order chi connectivity index (χ1) is 15.7. The lowest BCUT2D eigenvalue weighted by Gasteiger charge is -2.13. The van der Waals surface area contributed by atoms with Gasteiger partial charge in [0.2, 0.25) is 0 Å². The first kappa shape index (κ1) is 21.6. The van der Waals surface area contributed by atoms with Crippen molar-refractivity contribution in [3.8, 4) is 0 Å². The zero-order valence-corrected chi connectivity index (χ0v) is 18.8. The summed E-state index contributed by atoms with van der Waals surface area (Å²) in [6.45, 7) is 5.44. The Morgan fingerprint density at radius 3 is 2.62 bits per heavy atom. The summed E-state index contributed by atoms with van der Waals surface area (Å²) in [5.74, 6) is 2.94. The molecule has 0 fully saturated rings. The highest BCUT2D eigenvalue weighted by atomic mass is 15.2. The van der Waals surface area contributed by atoms with E-state index < -0.39 is 0 Å². The zero-order chi connectivity index (χ0) is 22.2. The molecule has 166 valence electrons. The number of aliphatic imine (C=N–C) groups is 1. The third-order valence-corrected chi connectivity index (χ3v) is 5.56. The van der Waals surface area contributed by atoms with E-state index in [-0.39, 0.29) is 0 Å². The number of fused-ring (bicyclic) bond motifs is 1. The van der Waals surface area contributed by atoms with Crippen molar-refractivity contribution in [2.75, 3.05) is 20.1 Å². The molecule has 0 atom stereocenters. The molecule has 0 aliphatic rings. The van der Waals surface area contributed by atoms with Gasteiger partial charge in [0.05, 0.1) is 11.0 Å². The zero-order valence-electron chi connectivity index (χ0n) is 18.8. The number of aryl methyl sites for hydroxylation is 2. The predicted octanol–water partition coefficient (Wildman–Crippen LogP) is 3.39. The Morgan fingerprint density at radius 1 is 1.00 bits per heavy atom. The Balaban J connectivity index is 1.21. The van der Waals surface area contributed by atoms with Crippen molar-refractivity contribution in [2.45, 2.75) is 32.9 Å². The number of rotatable bonds is 9. The average Bonchev–Trinajstić information content (AvgIpc) is 3.39. The summed E-state index contributed by atoms with van der Waals surface area (Å²) in [6.07, 6.45) is 5.73. The number of para-hydroxylation sites is 2. The molecule has 2 aromatic carbocycles. The Labute approximate surface area is 189 Å². The van der Waals surface area contributed by atoms with Gasteiger partial charge < -0.3 is 19.8 Å². The average molecular weight is 430 g/mol. The topological polar surface area (TPSA) is 72.1 Å². The van der Waals surface area contributed by atoms with Crippen LogP contribution in [-0.2, 0) is 19.5 Å². The van der Waals surface area contributed by atoms with Crippen molar-refractivity contribution in [1.82, 2.24) is 29.7 Å². The Kier molecular flexibility index (Phi) is 7.17. The van der Waals surface area contributed by atoms with Crippen LogP contribution in [0.3, 0.4) is 0 Å². The second-order valence-corrected chi connectivity index (χ2v) is 7.79. The normalized spacial score (nSPS) is 11.8. The maximum absolute atomic E-state index is 4.64. The van der Waals surface area contributed by atoms with Crippen LogP contribution in [0.25, 0.3) is 11.0 Å².